The summed E-state index contributed by atoms with van der Waals surface area (Å²) in [6.07, 6.45) is -9.69. The lowest BCUT2D eigenvalue weighted by Crippen LogP contribution is -2.13. The second-order valence-corrected chi connectivity index (χ2v) is 3.35. The van der Waals surface area contributed by atoms with Crippen LogP contribution in [0.4, 0.5) is 26.3 Å². The molecule has 0 aliphatic rings. The van der Waals surface area contributed by atoms with Gasteiger partial charge in [0.15, 0.2) is 0 Å². The minimum Gasteiger partial charge on any atom is -0.496 e. The second-order valence-electron chi connectivity index (χ2n) is 3.35. The van der Waals surface area contributed by atoms with E-state index in [1.807, 2.05) is 0 Å². The van der Waals surface area contributed by atoms with E-state index in [1.165, 1.54) is 0 Å². The number of rotatable bonds is 1. The molecule has 0 amide bonds. The molecule has 96 valence electrons. The van der Waals surface area contributed by atoms with Gasteiger partial charge in [-0.1, -0.05) is 0 Å². The van der Waals surface area contributed by atoms with Crippen molar-refractivity contribution in [3.8, 4) is 5.75 Å². The third kappa shape index (κ3) is 2.83. The minimum absolute atomic E-state index is 0.0812. The Morgan fingerprint density at radius 1 is 0.941 bits per heavy atom. The van der Waals surface area contributed by atoms with Crippen LogP contribution in [0.15, 0.2) is 12.1 Å². The fraction of sp³-hybridized carbons (Fsp3) is 0.400. The molecule has 1 rings (SSSR count). The van der Waals surface area contributed by atoms with Crippen molar-refractivity contribution < 1.29 is 31.1 Å². The molecule has 0 spiro atoms. The Hall–Kier alpha value is -1.40. The third-order valence-corrected chi connectivity index (χ3v) is 2.21. The molecule has 0 unspecified atom stereocenters. The van der Waals surface area contributed by atoms with E-state index < -0.39 is 29.2 Å². The topological polar surface area (TPSA) is 9.23 Å². The highest BCUT2D eigenvalue weighted by molar-refractivity contribution is 5.45. The number of ether oxygens (including phenoxy) is 1. The van der Waals surface area contributed by atoms with E-state index in [2.05, 4.69) is 4.74 Å². The highest BCUT2D eigenvalue weighted by atomic mass is 19.4. The number of methoxy groups -OCH3 is 1. The standard InChI is InChI=1S/C10H8F6O/c1-5-7(10(14,15)16)3-6(9(11,12)13)4-8(5)17-2/h3-4H,1-2H3. The van der Waals surface area contributed by atoms with Crippen LogP contribution < -0.4 is 4.74 Å². The quantitative estimate of drug-likeness (QED) is 0.691. The summed E-state index contributed by atoms with van der Waals surface area (Å²) in [4.78, 5) is 0. The molecule has 1 nitrogen and oxygen atoms in total. The second kappa shape index (κ2) is 4.12. The van der Waals surface area contributed by atoms with Crippen molar-refractivity contribution in [2.75, 3.05) is 7.11 Å². The van der Waals surface area contributed by atoms with Gasteiger partial charge in [-0.25, -0.2) is 0 Å². The van der Waals surface area contributed by atoms with Gasteiger partial charge < -0.3 is 4.74 Å². The predicted molar refractivity (Wildman–Crippen MR) is 47.7 cm³/mol. The van der Waals surface area contributed by atoms with Gasteiger partial charge in [-0.3, -0.25) is 0 Å². The molecule has 1 aromatic carbocycles. The van der Waals surface area contributed by atoms with E-state index in [-0.39, 0.29) is 11.6 Å². The molecule has 7 heteroatoms. The number of alkyl halides is 6. The van der Waals surface area contributed by atoms with Crippen molar-refractivity contribution in [3.63, 3.8) is 0 Å². The monoisotopic (exact) mass is 258 g/mol. The third-order valence-electron chi connectivity index (χ3n) is 2.21. The fourth-order valence-corrected chi connectivity index (χ4v) is 1.36. The summed E-state index contributed by atoms with van der Waals surface area (Å²) < 4.78 is 79.2. The molecule has 0 saturated carbocycles. The van der Waals surface area contributed by atoms with Gasteiger partial charge in [0.05, 0.1) is 18.2 Å². The minimum atomic E-state index is -4.85. The van der Waals surface area contributed by atoms with Crippen molar-refractivity contribution in [2.45, 2.75) is 19.3 Å². The number of benzene rings is 1. The van der Waals surface area contributed by atoms with Crippen molar-refractivity contribution >= 4 is 0 Å². The summed E-state index contributed by atoms with van der Waals surface area (Å²) in [5.74, 6) is -0.438. The molecular formula is C10H8F6O. The summed E-state index contributed by atoms with van der Waals surface area (Å²) in [7, 11) is 1.02. The maximum absolute atomic E-state index is 12.5. The van der Waals surface area contributed by atoms with Crippen LogP contribution in [0, 0.1) is 6.92 Å². The van der Waals surface area contributed by atoms with E-state index in [4.69, 9.17) is 0 Å². The average molecular weight is 258 g/mol. The maximum atomic E-state index is 12.5. The smallest absolute Gasteiger partial charge is 0.416 e. The van der Waals surface area contributed by atoms with Gasteiger partial charge in [-0.05, 0) is 19.1 Å². The predicted octanol–water partition coefficient (Wildman–Crippen LogP) is 4.04. The largest absolute Gasteiger partial charge is 0.496 e. The number of hydrogen-bond donors (Lipinski definition) is 0. The lowest BCUT2D eigenvalue weighted by Gasteiger charge is -2.16. The van der Waals surface area contributed by atoms with Crippen LogP contribution in [-0.2, 0) is 12.4 Å². The molecule has 0 N–H and O–H groups in total. The number of hydrogen-bond acceptors (Lipinski definition) is 1. The maximum Gasteiger partial charge on any atom is 0.416 e. The van der Waals surface area contributed by atoms with Crippen molar-refractivity contribution in [1.82, 2.24) is 0 Å². The van der Waals surface area contributed by atoms with Gasteiger partial charge in [0.2, 0.25) is 0 Å². The van der Waals surface area contributed by atoms with Gasteiger partial charge in [0.1, 0.15) is 5.75 Å². The Morgan fingerprint density at radius 3 is 1.82 bits per heavy atom. The first-order valence-corrected chi connectivity index (χ1v) is 4.40. The Labute approximate surface area is 93.0 Å². The summed E-state index contributed by atoms with van der Waals surface area (Å²) in [6, 6.07) is 0.627. The Balaban J connectivity index is 3.50. The van der Waals surface area contributed by atoms with Crippen LogP contribution in [0.1, 0.15) is 16.7 Å². The summed E-state index contributed by atoms with van der Waals surface area (Å²) >= 11 is 0. The Morgan fingerprint density at radius 2 is 1.47 bits per heavy atom. The first-order valence-electron chi connectivity index (χ1n) is 4.40. The van der Waals surface area contributed by atoms with Gasteiger partial charge >= 0.3 is 12.4 Å². The van der Waals surface area contributed by atoms with Gasteiger partial charge in [-0.15, -0.1) is 0 Å². The first kappa shape index (κ1) is 13.7. The van der Waals surface area contributed by atoms with E-state index in [0.717, 1.165) is 14.0 Å². The Kier molecular flexibility index (Phi) is 3.31. The lowest BCUT2D eigenvalue weighted by molar-refractivity contribution is -0.143. The lowest BCUT2D eigenvalue weighted by atomic mass is 10.0. The Bertz CT molecular complexity index is 418. The van der Waals surface area contributed by atoms with Gasteiger partial charge in [0, 0.05) is 5.56 Å². The zero-order valence-electron chi connectivity index (χ0n) is 8.83. The first-order chi connectivity index (χ1) is 7.57. The molecule has 0 heterocycles. The molecule has 0 fully saturated rings. The summed E-state index contributed by atoms with van der Waals surface area (Å²) in [5, 5.41) is 0. The van der Waals surface area contributed by atoms with Crippen molar-refractivity contribution in [1.29, 1.82) is 0 Å². The van der Waals surface area contributed by atoms with Crippen LogP contribution in [0.3, 0.4) is 0 Å². The van der Waals surface area contributed by atoms with E-state index in [9.17, 15) is 26.3 Å². The highest BCUT2D eigenvalue weighted by Crippen LogP contribution is 2.40. The van der Waals surface area contributed by atoms with Crippen LogP contribution in [-0.4, -0.2) is 7.11 Å². The van der Waals surface area contributed by atoms with Crippen molar-refractivity contribution in [2.24, 2.45) is 0 Å². The van der Waals surface area contributed by atoms with Crippen LogP contribution >= 0.6 is 0 Å². The molecular weight excluding hydrogens is 250 g/mol. The normalized spacial score (nSPS) is 12.7. The van der Waals surface area contributed by atoms with Crippen LogP contribution in [0.5, 0.6) is 5.75 Å². The molecule has 1 aromatic rings. The van der Waals surface area contributed by atoms with Crippen LogP contribution in [0.25, 0.3) is 0 Å². The molecule has 0 saturated heterocycles. The summed E-state index contributed by atoms with van der Waals surface area (Å²) in [5.41, 5.74) is -3.09. The molecule has 0 atom stereocenters. The molecule has 0 aliphatic heterocycles. The molecule has 0 aromatic heterocycles. The molecule has 17 heavy (non-hydrogen) atoms. The van der Waals surface area contributed by atoms with E-state index in [0.29, 0.717) is 6.07 Å². The van der Waals surface area contributed by atoms with Crippen molar-refractivity contribution in [3.05, 3.63) is 28.8 Å². The van der Waals surface area contributed by atoms with Gasteiger partial charge in [-0.2, -0.15) is 26.3 Å². The molecule has 0 radical (unpaired) electrons. The van der Waals surface area contributed by atoms with E-state index >= 15 is 0 Å². The zero-order chi connectivity index (χ0) is 13.4. The van der Waals surface area contributed by atoms with Crippen LogP contribution in [0.2, 0.25) is 0 Å². The highest BCUT2D eigenvalue weighted by Gasteiger charge is 2.38. The molecule has 0 bridgehead atoms. The summed E-state index contributed by atoms with van der Waals surface area (Å²) in [6.45, 7) is 1.06. The average Bonchev–Trinajstić information content (AvgIpc) is 2.14. The SMILES string of the molecule is COc1cc(C(F)(F)F)cc(C(F)(F)F)c1C. The van der Waals surface area contributed by atoms with Gasteiger partial charge in [0.25, 0.3) is 0 Å². The van der Waals surface area contributed by atoms with E-state index in [1.54, 1.807) is 0 Å². The zero-order valence-corrected chi connectivity index (χ0v) is 8.83. The molecule has 0 aliphatic carbocycles. The fourth-order valence-electron chi connectivity index (χ4n) is 1.36. The number of halogens is 6.